The van der Waals surface area contributed by atoms with E-state index in [-0.39, 0.29) is 12.4 Å². The van der Waals surface area contributed by atoms with E-state index in [0.717, 1.165) is 5.56 Å². The molecule has 2 nitrogen and oxygen atoms in total. The molecule has 1 aromatic carbocycles. The Bertz CT molecular complexity index is 450. The number of halogens is 1. The molecule has 0 radical (unpaired) electrons. The van der Waals surface area contributed by atoms with Gasteiger partial charge in [0.05, 0.1) is 6.61 Å². The Kier molecular flexibility index (Phi) is 7.23. The summed E-state index contributed by atoms with van der Waals surface area (Å²) in [4.78, 5) is 0. The summed E-state index contributed by atoms with van der Waals surface area (Å²) in [6.07, 6.45) is 0.468. The zero-order valence-corrected chi connectivity index (χ0v) is 15.8. The van der Waals surface area contributed by atoms with Crippen LogP contribution in [-0.4, -0.2) is 20.0 Å². The summed E-state index contributed by atoms with van der Waals surface area (Å²) in [6.45, 7) is 13.7. The van der Waals surface area contributed by atoms with E-state index in [1.165, 1.54) is 6.07 Å². The molecule has 4 heteroatoms. The van der Waals surface area contributed by atoms with Gasteiger partial charge in [0.2, 0.25) is 8.32 Å². The molecule has 0 spiro atoms. The van der Waals surface area contributed by atoms with Crippen LogP contribution in [0.25, 0.3) is 0 Å². The number of aliphatic hydroxyl groups excluding tert-OH is 1. The van der Waals surface area contributed by atoms with E-state index in [9.17, 15) is 9.50 Å². The van der Waals surface area contributed by atoms with Crippen LogP contribution in [-0.2, 0) is 17.5 Å². The Morgan fingerprint density at radius 3 is 2.05 bits per heavy atom. The van der Waals surface area contributed by atoms with Gasteiger partial charge in [0.15, 0.2) is 0 Å². The maximum absolute atomic E-state index is 14.2. The standard InChI is InChI=1S/C18H31FO2Si/c1-13(2)22(14(3)4,15(5)6)21-12-17-16(10-11-20)8-7-9-18(17)19/h7-9,13-15,20H,10-12H2,1-6H3. The summed E-state index contributed by atoms with van der Waals surface area (Å²) in [5, 5.41) is 9.17. The molecule has 126 valence electrons. The van der Waals surface area contributed by atoms with Crippen LogP contribution >= 0.6 is 0 Å². The Morgan fingerprint density at radius 1 is 1.05 bits per heavy atom. The molecule has 0 heterocycles. The fraction of sp³-hybridized carbons (Fsp3) is 0.667. The molecule has 0 unspecified atom stereocenters. The molecule has 0 saturated heterocycles. The molecule has 0 aromatic heterocycles. The van der Waals surface area contributed by atoms with Crippen LogP contribution in [0, 0.1) is 5.82 Å². The van der Waals surface area contributed by atoms with Crippen LogP contribution in [0.3, 0.4) is 0 Å². The summed E-state index contributed by atoms with van der Waals surface area (Å²) in [5.74, 6) is -0.231. The smallest absolute Gasteiger partial charge is 0.200 e. The molecule has 0 amide bonds. The Morgan fingerprint density at radius 2 is 1.59 bits per heavy atom. The highest BCUT2D eigenvalue weighted by Crippen LogP contribution is 2.42. The first-order valence-electron chi connectivity index (χ1n) is 8.28. The second kappa shape index (κ2) is 8.23. The largest absolute Gasteiger partial charge is 0.412 e. The molecule has 1 N–H and O–H groups in total. The van der Waals surface area contributed by atoms with Crippen molar-refractivity contribution in [1.29, 1.82) is 0 Å². The quantitative estimate of drug-likeness (QED) is 0.677. The molecule has 0 saturated carbocycles. The number of aliphatic hydroxyl groups is 1. The van der Waals surface area contributed by atoms with Crippen molar-refractivity contribution in [3.63, 3.8) is 0 Å². The monoisotopic (exact) mass is 326 g/mol. The van der Waals surface area contributed by atoms with Gasteiger partial charge < -0.3 is 9.53 Å². The maximum atomic E-state index is 14.2. The van der Waals surface area contributed by atoms with Crippen molar-refractivity contribution < 1.29 is 13.9 Å². The van der Waals surface area contributed by atoms with Crippen LogP contribution < -0.4 is 0 Å². The maximum Gasteiger partial charge on any atom is 0.200 e. The highest BCUT2D eigenvalue weighted by atomic mass is 28.4. The summed E-state index contributed by atoms with van der Waals surface area (Å²) in [6, 6.07) is 5.05. The van der Waals surface area contributed by atoms with Gasteiger partial charge >= 0.3 is 0 Å². The van der Waals surface area contributed by atoms with E-state index in [4.69, 9.17) is 4.43 Å². The van der Waals surface area contributed by atoms with Crippen LogP contribution in [0.4, 0.5) is 4.39 Å². The fourth-order valence-electron chi connectivity index (χ4n) is 3.82. The molecular weight excluding hydrogens is 295 g/mol. The third-order valence-electron chi connectivity index (χ3n) is 4.77. The van der Waals surface area contributed by atoms with E-state index in [0.29, 0.717) is 35.2 Å². The van der Waals surface area contributed by atoms with Crippen molar-refractivity contribution in [2.24, 2.45) is 0 Å². The van der Waals surface area contributed by atoms with Crippen LogP contribution in [0.1, 0.15) is 52.7 Å². The highest BCUT2D eigenvalue weighted by molar-refractivity contribution is 6.77. The van der Waals surface area contributed by atoms with Crippen molar-refractivity contribution in [2.75, 3.05) is 6.61 Å². The highest BCUT2D eigenvalue weighted by Gasteiger charge is 2.45. The van der Waals surface area contributed by atoms with E-state index in [1.807, 2.05) is 6.07 Å². The lowest BCUT2D eigenvalue weighted by Crippen LogP contribution is -2.47. The van der Waals surface area contributed by atoms with Crippen LogP contribution in [0.15, 0.2) is 18.2 Å². The van der Waals surface area contributed by atoms with Crippen molar-refractivity contribution in [3.8, 4) is 0 Å². The fourth-order valence-corrected chi connectivity index (χ4v) is 9.21. The van der Waals surface area contributed by atoms with Gasteiger partial charge in [-0.05, 0) is 34.7 Å². The first-order valence-corrected chi connectivity index (χ1v) is 10.4. The minimum Gasteiger partial charge on any atom is -0.412 e. The summed E-state index contributed by atoms with van der Waals surface area (Å²) in [5.41, 5.74) is 2.87. The van der Waals surface area contributed by atoms with E-state index in [2.05, 4.69) is 41.5 Å². The zero-order chi connectivity index (χ0) is 16.9. The third-order valence-corrected chi connectivity index (χ3v) is 10.8. The topological polar surface area (TPSA) is 29.5 Å². The average molecular weight is 327 g/mol. The van der Waals surface area contributed by atoms with Gasteiger partial charge in [-0.3, -0.25) is 0 Å². The lowest BCUT2D eigenvalue weighted by molar-refractivity contribution is 0.257. The zero-order valence-electron chi connectivity index (χ0n) is 14.8. The molecular formula is C18H31FO2Si. The number of rotatable bonds is 8. The number of hydrogen-bond acceptors (Lipinski definition) is 2. The average Bonchev–Trinajstić information content (AvgIpc) is 2.41. The third kappa shape index (κ3) is 3.97. The van der Waals surface area contributed by atoms with Crippen molar-refractivity contribution in [3.05, 3.63) is 35.1 Å². The lowest BCUT2D eigenvalue weighted by Gasteiger charge is -2.42. The van der Waals surface area contributed by atoms with E-state index >= 15 is 0 Å². The Balaban J connectivity index is 3.09. The molecule has 1 aromatic rings. The lowest BCUT2D eigenvalue weighted by atomic mass is 10.1. The first kappa shape index (κ1) is 19.3. The number of hydrogen-bond donors (Lipinski definition) is 1. The van der Waals surface area contributed by atoms with E-state index in [1.54, 1.807) is 6.07 Å². The van der Waals surface area contributed by atoms with Gasteiger partial charge in [0.1, 0.15) is 5.82 Å². The van der Waals surface area contributed by atoms with Gasteiger partial charge in [-0.2, -0.15) is 0 Å². The minimum atomic E-state index is -2.01. The van der Waals surface area contributed by atoms with Crippen LogP contribution in [0.5, 0.6) is 0 Å². The molecule has 1 rings (SSSR count). The van der Waals surface area contributed by atoms with Gasteiger partial charge in [-0.15, -0.1) is 0 Å². The molecule has 0 aliphatic rings. The van der Waals surface area contributed by atoms with Crippen molar-refractivity contribution in [2.45, 2.75) is 71.2 Å². The molecule has 22 heavy (non-hydrogen) atoms. The Hall–Kier alpha value is -0.713. The predicted octanol–water partition coefficient (Wildman–Crippen LogP) is 5.05. The predicted molar refractivity (Wildman–Crippen MR) is 93.0 cm³/mol. The second-order valence-electron chi connectivity index (χ2n) is 6.96. The molecule has 0 atom stereocenters. The van der Waals surface area contributed by atoms with Gasteiger partial charge in [-0.1, -0.05) is 53.7 Å². The molecule has 0 bridgehead atoms. The summed E-state index contributed by atoms with van der Waals surface area (Å²) >= 11 is 0. The molecule has 0 aliphatic heterocycles. The summed E-state index contributed by atoms with van der Waals surface area (Å²) in [7, 11) is -2.01. The summed E-state index contributed by atoms with van der Waals surface area (Å²) < 4.78 is 20.7. The normalized spacial score (nSPS) is 12.7. The molecule has 0 aliphatic carbocycles. The second-order valence-corrected chi connectivity index (χ2v) is 12.4. The van der Waals surface area contributed by atoms with Crippen molar-refractivity contribution >= 4 is 8.32 Å². The van der Waals surface area contributed by atoms with Crippen molar-refractivity contribution in [1.82, 2.24) is 0 Å². The SMILES string of the molecule is CC(C)[Si](OCc1c(F)cccc1CCO)(C(C)C)C(C)C. The van der Waals surface area contributed by atoms with Gasteiger partial charge in [0.25, 0.3) is 0 Å². The van der Waals surface area contributed by atoms with Gasteiger partial charge in [-0.25, -0.2) is 4.39 Å². The van der Waals surface area contributed by atoms with Crippen LogP contribution in [0.2, 0.25) is 16.6 Å². The minimum absolute atomic E-state index is 0.0254. The molecule has 0 fully saturated rings. The number of benzene rings is 1. The van der Waals surface area contributed by atoms with Gasteiger partial charge in [0, 0.05) is 12.2 Å². The van der Waals surface area contributed by atoms with E-state index < -0.39 is 8.32 Å². The Labute approximate surface area is 135 Å². The first-order chi connectivity index (χ1) is 10.3.